The maximum atomic E-state index is 11.7. The fourth-order valence-electron chi connectivity index (χ4n) is 1.69. The molecule has 0 atom stereocenters. The lowest BCUT2D eigenvalue weighted by Gasteiger charge is -2.10. The van der Waals surface area contributed by atoms with Crippen LogP contribution in [0, 0.1) is 0 Å². The smallest absolute Gasteiger partial charge is 0.257 e. The first-order valence-corrected chi connectivity index (χ1v) is 8.42. The molecule has 22 heavy (non-hydrogen) atoms. The molecular formula is C16H15Cl2NO2S. The van der Waals surface area contributed by atoms with Crippen molar-refractivity contribution in [2.75, 3.05) is 18.9 Å². The molecule has 1 N–H and O–H groups in total. The Bertz CT molecular complexity index is 603. The third-order valence-electron chi connectivity index (χ3n) is 2.70. The number of halogens is 2. The molecule has 1 amide bonds. The van der Waals surface area contributed by atoms with Gasteiger partial charge in [-0.3, -0.25) is 4.79 Å². The second-order valence-electron chi connectivity index (χ2n) is 4.35. The van der Waals surface area contributed by atoms with Gasteiger partial charge in [0, 0.05) is 17.2 Å². The van der Waals surface area contributed by atoms with Crippen LogP contribution in [0.15, 0.2) is 53.4 Å². The molecule has 0 aliphatic heterocycles. The van der Waals surface area contributed by atoms with E-state index in [1.165, 1.54) is 4.90 Å². The van der Waals surface area contributed by atoms with Gasteiger partial charge in [-0.05, 0) is 24.3 Å². The SMILES string of the molecule is O=C(COc1c(Cl)cccc1Cl)NCCSc1ccccc1. The predicted molar refractivity (Wildman–Crippen MR) is 92.1 cm³/mol. The van der Waals surface area contributed by atoms with Crippen molar-refractivity contribution in [2.45, 2.75) is 4.90 Å². The van der Waals surface area contributed by atoms with Gasteiger partial charge >= 0.3 is 0 Å². The van der Waals surface area contributed by atoms with Gasteiger partial charge < -0.3 is 10.1 Å². The molecule has 3 nitrogen and oxygen atoms in total. The van der Waals surface area contributed by atoms with E-state index in [1.54, 1.807) is 30.0 Å². The normalized spacial score (nSPS) is 10.3. The van der Waals surface area contributed by atoms with E-state index in [0.717, 1.165) is 5.75 Å². The van der Waals surface area contributed by atoms with E-state index in [1.807, 2.05) is 30.3 Å². The average Bonchev–Trinajstić information content (AvgIpc) is 2.52. The summed E-state index contributed by atoms with van der Waals surface area (Å²) in [7, 11) is 0. The summed E-state index contributed by atoms with van der Waals surface area (Å²) in [6, 6.07) is 15.1. The summed E-state index contributed by atoms with van der Waals surface area (Å²) in [6.07, 6.45) is 0. The first kappa shape index (κ1) is 17.0. The Hall–Kier alpha value is -1.36. The van der Waals surface area contributed by atoms with E-state index in [2.05, 4.69) is 5.32 Å². The molecule has 0 radical (unpaired) electrons. The molecule has 2 aromatic carbocycles. The lowest BCUT2D eigenvalue weighted by Crippen LogP contribution is -2.30. The Kier molecular flexibility index (Phi) is 6.90. The van der Waals surface area contributed by atoms with E-state index in [-0.39, 0.29) is 12.5 Å². The zero-order chi connectivity index (χ0) is 15.8. The molecule has 0 saturated heterocycles. The number of ether oxygens (including phenoxy) is 1. The highest BCUT2D eigenvalue weighted by atomic mass is 35.5. The third-order valence-corrected chi connectivity index (χ3v) is 4.31. The minimum absolute atomic E-state index is 0.112. The van der Waals surface area contributed by atoms with Gasteiger partial charge in [0.05, 0.1) is 10.0 Å². The summed E-state index contributed by atoms with van der Waals surface area (Å²) >= 11 is 13.6. The van der Waals surface area contributed by atoms with Gasteiger partial charge in [0.2, 0.25) is 0 Å². The fraction of sp³-hybridized carbons (Fsp3) is 0.188. The highest BCUT2D eigenvalue weighted by Gasteiger charge is 2.09. The monoisotopic (exact) mass is 355 g/mol. The lowest BCUT2D eigenvalue weighted by molar-refractivity contribution is -0.122. The molecule has 0 fully saturated rings. The Morgan fingerprint density at radius 2 is 1.73 bits per heavy atom. The summed E-state index contributed by atoms with van der Waals surface area (Å²) < 4.78 is 5.36. The molecule has 0 bridgehead atoms. The van der Waals surface area contributed by atoms with Crippen LogP contribution in [0.3, 0.4) is 0 Å². The molecule has 0 saturated carbocycles. The van der Waals surface area contributed by atoms with Crippen molar-refractivity contribution in [1.29, 1.82) is 0 Å². The van der Waals surface area contributed by atoms with Crippen molar-refractivity contribution in [3.63, 3.8) is 0 Å². The van der Waals surface area contributed by atoms with E-state index in [9.17, 15) is 4.79 Å². The minimum Gasteiger partial charge on any atom is -0.481 e. The molecule has 116 valence electrons. The average molecular weight is 356 g/mol. The Morgan fingerprint density at radius 3 is 2.41 bits per heavy atom. The van der Waals surface area contributed by atoms with Crippen LogP contribution in [0.5, 0.6) is 5.75 Å². The molecule has 0 aliphatic carbocycles. The van der Waals surface area contributed by atoms with Gasteiger partial charge in [0.15, 0.2) is 12.4 Å². The van der Waals surface area contributed by atoms with Crippen molar-refractivity contribution in [3.05, 3.63) is 58.6 Å². The van der Waals surface area contributed by atoms with Crippen molar-refractivity contribution in [3.8, 4) is 5.75 Å². The van der Waals surface area contributed by atoms with Crippen LogP contribution < -0.4 is 10.1 Å². The zero-order valence-corrected chi connectivity index (χ0v) is 14.0. The number of nitrogens with one attached hydrogen (secondary N) is 1. The number of carbonyl (C=O) groups is 1. The molecule has 0 aliphatic rings. The van der Waals surface area contributed by atoms with E-state index in [0.29, 0.717) is 22.3 Å². The Morgan fingerprint density at radius 1 is 1.05 bits per heavy atom. The van der Waals surface area contributed by atoms with Crippen LogP contribution in [-0.4, -0.2) is 24.8 Å². The van der Waals surface area contributed by atoms with Crippen LogP contribution in [0.4, 0.5) is 0 Å². The highest BCUT2D eigenvalue weighted by molar-refractivity contribution is 7.99. The maximum Gasteiger partial charge on any atom is 0.257 e. The van der Waals surface area contributed by atoms with Gasteiger partial charge in [0.1, 0.15) is 0 Å². The molecule has 0 aromatic heterocycles. The van der Waals surface area contributed by atoms with E-state index in [4.69, 9.17) is 27.9 Å². The topological polar surface area (TPSA) is 38.3 Å². The first-order valence-electron chi connectivity index (χ1n) is 6.68. The summed E-state index contributed by atoms with van der Waals surface area (Å²) in [4.78, 5) is 12.9. The number of para-hydroxylation sites is 1. The number of benzene rings is 2. The molecule has 2 rings (SSSR count). The van der Waals surface area contributed by atoms with Crippen LogP contribution in [-0.2, 0) is 4.79 Å². The predicted octanol–water partition coefficient (Wildman–Crippen LogP) is 4.28. The Balaban J connectivity index is 1.68. The number of carbonyl (C=O) groups excluding carboxylic acids is 1. The van der Waals surface area contributed by atoms with Gasteiger partial charge in [-0.15, -0.1) is 11.8 Å². The van der Waals surface area contributed by atoms with Gasteiger partial charge in [-0.2, -0.15) is 0 Å². The Labute approximate surface area is 144 Å². The number of hydrogen-bond donors (Lipinski definition) is 1. The van der Waals surface area contributed by atoms with Crippen LogP contribution in [0.2, 0.25) is 10.0 Å². The standard InChI is InChI=1S/C16H15Cl2NO2S/c17-13-7-4-8-14(18)16(13)21-11-15(20)19-9-10-22-12-5-2-1-3-6-12/h1-8H,9-11H2,(H,19,20). The number of amides is 1. The number of hydrogen-bond acceptors (Lipinski definition) is 3. The molecular weight excluding hydrogens is 341 g/mol. The summed E-state index contributed by atoms with van der Waals surface area (Å²) in [6.45, 7) is 0.456. The first-order chi connectivity index (χ1) is 10.7. The lowest BCUT2D eigenvalue weighted by atomic mass is 10.3. The summed E-state index contributed by atoms with van der Waals surface area (Å²) in [5, 5.41) is 3.57. The molecule has 0 spiro atoms. The largest absolute Gasteiger partial charge is 0.481 e. The molecule has 0 unspecified atom stereocenters. The number of thioether (sulfide) groups is 1. The maximum absolute atomic E-state index is 11.7. The van der Waals surface area contributed by atoms with Gasteiger partial charge in [-0.25, -0.2) is 0 Å². The van der Waals surface area contributed by atoms with E-state index < -0.39 is 0 Å². The van der Waals surface area contributed by atoms with Crippen LogP contribution >= 0.6 is 35.0 Å². The fourth-order valence-corrected chi connectivity index (χ4v) is 2.98. The van der Waals surface area contributed by atoms with Crippen molar-refractivity contribution in [1.82, 2.24) is 5.32 Å². The molecule has 2 aromatic rings. The minimum atomic E-state index is -0.204. The zero-order valence-electron chi connectivity index (χ0n) is 11.7. The molecule has 0 heterocycles. The summed E-state index contributed by atoms with van der Waals surface area (Å²) in [5.74, 6) is 0.923. The third kappa shape index (κ3) is 5.44. The van der Waals surface area contributed by atoms with Crippen LogP contribution in [0.25, 0.3) is 0 Å². The second kappa shape index (κ2) is 8.93. The van der Waals surface area contributed by atoms with E-state index >= 15 is 0 Å². The van der Waals surface area contributed by atoms with Crippen molar-refractivity contribution in [2.24, 2.45) is 0 Å². The van der Waals surface area contributed by atoms with Gasteiger partial charge in [-0.1, -0.05) is 47.5 Å². The van der Waals surface area contributed by atoms with Crippen molar-refractivity contribution >= 4 is 40.9 Å². The quantitative estimate of drug-likeness (QED) is 0.594. The van der Waals surface area contributed by atoms with Gasteiger partial charge in [0.25, 0.3) is 5.91 Å². The van der Waals surface area contributed by atoms with Crippen molar-refractivity contribution < 1.29 is 9.53 Å². The second-order valence-corrected chi connectivity index (χ2v) is 6.33. The molecule has 6 heteroatoms. The van der Waals surface area contributed by atoms with Crippen LogP contribution in [0.1, 0.15) is 0 Å². The number of rotatable bonds is 7. The highest BCUT2D eigenvalue weighted by Crippen LogP contribution is 2.32. The summed E-state index contributed by atoms with van der Waals surface area (Å²) in [5.41, 5.74) is 0.